The summed E-state index contributed by atoms with van der Waals surface area (Å²) in [6.07, 6.45) is 9.40. The number of methoxy groups -OCH3 is 2. The number of hydrogen-bond acceptors (Lipinski definition) is 11. The van der Waals surface area contributed by atoms with Crippen molar-refractivity contribution in [1.29, 1.82) is 0 Å². The number of hydrogen-bond donors (Lipinski definition) is 2. The SMILES string of the molecule is COc1cc(-c2cn(C)c(=O)c3cnccc23)cc(OC)c1CN(C)C(=O)CCCCNC1CCC12CN(c1ccc3c(c1)C(=O)N(C1CCC(=O)NC1=O)C3=O)C2. The molecule has 15 heteroatoms. The lowest BCUT2D eigenvalue weighted by atomic mass is 9.59. The van der Waals surface area contributed by atoms with Gasteiger partial charge in [0.1, 0.15) is 17.5 Å². The lowest BCUT2D eigenvalue weighted by molar-refractivity contribution is -0.136. The Labute approximate surface area is 335 Å². The second kappa shape index (κ2) is 15.3. The summed E-state index contributed by atoms with van der Waals surface area (Å²) >= 11 is 0. The van der Waals surface area contributed by atoms with Gasteiger partial charge in [0.2, 0.25) is 17.7 Å². The molecule has 8 rings (SSSR count). The molecule has 2 aromatic heterocycles. The Morgan fingerprint density at radius 3 is 2.38 bits per heavy atom. The van der Waals surface area contributed by atoms with Gasteiger partial charge in [0.05, 0.1) is 42.8 Å². The first-order valence-corrected chi connectivity index (χ1v) is 19.7. The number of pyridine rings is 2. The highest BCUT2D eigenvalue weighted by molar-refractivity contribution is 6.23. The quantitative estimate of drug-likeness (QED) is 0.150. The van der Waals surface area contributed by atoms with Gasteiger partial charge in [-0.3, -0.25) is 44.0 Å². The molecule has 1 saturated carbocycles. The Kier molecular flexibility index (Phi) is 10.3. The molecule has 2 atom stereocenters. The minimum Gasteiger partial charge on any atom is -0.496 e. The second-order valence-electron chi connectivity index (χ2n) is 15.9. The molecule has 58 heavy (non-hydrogen) atoms. The van der Waals surface area contributed by atoms with E-state index in [1.54, 1.807) is 63.9 Å². The zero-order valence-electron chi connectivity index (χ0n) is 33.1. The van der Waals surface area contributed by atoms with E-state index in [0.717, 1.165) is 78.0 Å². The van der Waals surface area contributed by atoms with Crippen molar-refractivity contribution in [2.75, 3.05) is 45.8 Å². The molecule has 302 valence electrons. The van der Waals surface area contributed by atoms with Crippen LogP contribution in [0.3, 0.4) is 0 Å². The summed E-state index contributed by atoms with van der Waals surface area (Å²) in [4.78, 5) is 85.6. The Morgan fingerprint density at radius 1 is 0.948 bits per heavy atom. The zero-order valence-corrected chi connectivity index (χ0v) is 33.1. The van der Waals surface area contributed by atoms with Crippen LogP contribution in [0.1, 0.15) is 71.2 Å². The summed E-state index contributed by atoms with van der Waals surface area (Å²) in [6, 6.07) is 10.3. The van der Waals surface area contributed by atoms with E-state index in [4.69, 9.17) is 9.47 Å². The highest BCUT2D eigenvalue weighted by Gasteiger charge is 2.54. The van der Waals surface area contributed by atoms with E-state index in [-0.39, 0.29) is 40.8 Å². The predicted octanol–water partition coefficient (Wildman–Crippen LogP) is 3.41. The average molecular weight is 790 g/mol. The number of imide groups is 2. The van der Waals surface area contributed by atoms with Crippen LogP contribution in [0.4, 0.5) is 5.69 Å². The van der Waals surface area contributed by atoms with E-state index >= 15 is 0 Å². The third-order valence-electron chi connectivity index (χ3n) is 12.4. The number of amides is 5. The van der Waals surface area contributed by atoms with E-state index < -0.39 is 29.7 Å². The van der Waals surface area contributed by atoms with Gasteiger partial charge in [0, 0.05) is 81.3 Å². The van der Waals surface area contributed by atoms with Crippen LogP contribution in [0.5, 0.6) is 11.5 Å². The molecule has 2 N–H and O–H groups in total. The first-order chi connectivity index (χ1) is 27.9. The largest absolute Gasteiger partial charge is 0.496 e. The molecule has 2 unspecified atom stereocenters. The number of aromatic nitrogens is 2. The van der Waals surface area contributed by atoms with Crippen LogP contribution in [-0.2, 0) is 28.0 Å². The molecule has 4 aliphatic rings. The summed E-state index contributed by atoms with van der Waals surface area (Å²) in [5.74, 6) is -0.846. The van der Waals surface area contributed by atoms with Crippen LogP contribution in [0, 0.1) is 5.41 Å². The van der Waals surface area contributed by atoms with E-state index in [9.17, 15) is 28.8 Å². The molecule has 5 amide bonds. The topological polar surface area (TPSA) is 172 Å². The van der Waals surface area contributed by atoms with Crippen molar-refractivity contribution in [3.05, 3.63) is 82.0 Å². The first kappa shape index (κ1) is 38.8. The molecule has 3 fully saturated rings. The molecule has 1 aliphatic carbocycles. The summed E-state index contributed by atoms with van der Waals surface area (Å²) in [6.45, 7) is 2.76. The molecule has 0 radical (unpaired) electrons. The monoisotopic (exact) mass is 789 g/mol. The van der Waals surface area contributed by atoms with Gasteiger partial charge in [-0.15, -0.1) is 0 Å². The molecule has 1 spiro atoms. The molecule has 4 aromatic rings. The highest BCUT2D eigenvalue weighted by atomic mass is 16.5. The zero-order chi connectivity index (χ0) is 40.9. The fraction of sp³-hybridized carbons (Fsp3) is 0.419. The lowest BCUT2D eigenvalue weighted by Gasteiger charge is -2.61. The Morgan fingerprint density at radius 2 is 1.69 bits per heavy atom. The minimum absolute atomic E-state index is 0.0224. The summed E-state index contributed by atoms with van der Waals surface area (Å²) < 4.78 is 13.2. The van der Waals surface area contributed by atoms with E-state index in [0.29, 0.717) is 35.9 Å². The van der Waals surface area contributed by atoms with Crippen LogP contribution < -0.4 is 30.6 Å². The van der Waals surface area contributed by atoms with E-state index in [1.807, 2.05) is 24.3 Å². The number of nitrogens with zero attached hydrogens (tertiary/aromatic N) is 5. The maximum absolute atomic E-state index is 13.3. The highest BCUT2D eigenvalue weighted by Crippen LogP contribution is 2.50. The molecular formula is C43H47N7O8. The number of carbonyl (C=O) groups is 5. The average Bonchev–Trinajstić information content (AvgIpc) is 3.44. The van der Waals surface area contributed by atoms with Crippen LogP contribution in [0.2, 0.25) is 0 Å². The third kappa shape index (κ3) is 6.76. The fourth-order valence-corrected chi connectivity index (χ4v) is 8.98. The van der Waals surface area contributed by atoms with Crippen LogP contribution >= 0.6 is 0 Å². The number of piperidine rings is 1. The number of carbonyl (C=O) groups excluding carboxylic acids is 5. The minimum atomic E-state index is -0.986. The van der Waals surface area contributed by atoms with Gasteiger partial charge in [-0.05, 0) is 86.0 Å². The standard InChI is InChI=1S/C43H47N7O8/c1-47(22-32-34(57-3)17-25(18-35(32)58-4)31-21-48(2)40(54)30-20-44-16-13-27(30)31)38(52)7-5-6-15-45-36-12-14-43(36)23-49(24-43)26-8-9-28-29(19-26)42(56)50(41(28)55)33-10-11-37(51)46-39(33)53/h8-9,13,16-21,33,36,45H,5-7,10-12,14-15,22-24H2,1-4H3,(H,46,51,53). The summed E-state index contributed by atoms with van der Waals surface area (Å²) in [5, 5.41) is 7.25. The van der Waals surface area contributed by atoms with Gasteiger partial charge < -0.3 is 29.2 Å². The molecule has 15 nitrogen and oxygen atoms in total. The summed E-state index contributed by atoms with van der Waals surface area (Å²) in [7, 11) is 6.67. The van der Waals surface area contributed by atoms with Gasteiger partial charge in [-0.1, -0.05) is 0 Å². The van der Waals surface area contributed by atoms with Crippen molar-refractivity contribution in [3.63, 3.8) is 0 Å². The molecule has 5 heterocycles. The smallest absolute Gasteiger partial charge is 0.262 e. The normalized spacial score (nSPS) is 19.5. The molecular weight excluding hydrogens is 743 g/mol. The number of benzene rings is 2. The van der Waals surface area contributed by atoms with Crippen molar-refractivity contribution >= 4 is 46.0 Å². The van der Waals surface area contributed by atoms with Crippen molar-refractivity contribution in [2.24, 2.45) is 12.5 Å². The van der Waals surface area contributed by atoms with Crippen molar-refractivity contribution in [3.8, 4) is 22.6 Å². The number of fused-ring (bicyclic) bond motifs is 2. The van der Waals surface area contributed by atoms with Crippen LogP contribution in [0.25, 0.3) is 21.9 Å². The van der Waals surface area contributed by atoms with Gasteiger partial charge in [-0.2, -0.15) is 0 Å². The molecule has 3 aliphatic heterocycles. The number of rotatable bonds is 13. The van der Waals surface area contributed by atoms with Crippen molar-refractivity contribution < 1.29 is 33.4 Å². The molecule has 2 aromatic carbocycles. The number of anilines is 1. The van der Waals surface area contributed by atoms with E-state index in [2.05, 4.69) is 20.5 Å². The predicted molar refractivity (Wildman–Crippen MR) is 215 cm³/mol. The molecule has 2 saturated heterocycles. The van der Waals surface area contributed by atoms with Crippen molar-refractivity contribution in [2.45, 2.75) is 63.6 Å². The fourth-order valence-electron chi connectivity index (χ4n) is 8.98. The van der Waals surface area contributed by atoms with Crippen LogP contribution in [0.15, 0.2) is 59.8 Å². The van der Waals surface area contributed by atoms with Gasteiger partial charge in [0.25, 0.3) is 17.4 Å². The lowest BCUT2D eigenvalue weighted by Crippen LogP contribution is -2.70. The van der Waals surface area contributed by atoms with E-state index in [1.165, 1.54) is 4.57 Å². The number of ether oxygens (including phenoxy) is 2. The second-order valence-corrected chi connectivity index (χ2v) is 15.9. The number of unbranched alkanes of at least 4 members (excludes halogenated alkanes) is 1. The first-order valence-electron chi connectivity index (χ1n) is 19.7. The van der Waals surface area contributed by atoms with Crippen LogP contribution in [-0.4, -0.2) is 102 Å². The van der Waals surface area contributed by atoms with Gasteiger partial charge in [0.15, 0.2) is 0 Å². The van der Waals surface area contributed by atoms with Crippen molar-refractivity contribution in [1.82, 2.24) is 30.0 Å². The van der Waals surface area contributed by atoms with Gasteiger partial charge >= 0.3 is 0 Å². The maximum Gasteiger partial charge on any atom is 0.262 e. The van der Waals surface area contributed by atoms with Gasteiger partial charge in [-0.25, -0.2) is 0 Å². The number of aryl methyl sites for hydroxylation is 1. The number of nitrogens with one attached hydrogen (secondary N) is 2. The summed E-state index contributed by atoms with van der Waals surface area (Å²) in [5.41, 5.74) is 3.84. The third-order valence-corrected chi connectivity index (χ3v) is 12.4. The Balaban J connectivity index is 0.818. The Hall–Kier alpha value is -6.09. The maximum atomic E-state index is 13.3. The molecule has 0 bridgehead atoms. The Bertz CT molecular complexity index is 2400.